The second kappa shape index (κ2) is 6.66. The number of amides is 1. The van der Waals surface area contributed by atoms with Crippen molar-refractivity contribution in [2.24, 2.45) is 0 Å². The van der Waals surface area contributed by atoms with Crippen LogP contribution in [0, 0.1) is 5.82 Å². The van der Waals surface area contributed by atoms with E-state index >= 15 is 0 Å². The van der Waals surface area contributed by atoms with Gasteiger partial charge in [0.25, 0.3) is 0 Å². The zero-order chi connectivity index (χ0) is 13.7. The fraction of sp³-hybridized carbons (Fsp3) is 0.533. The van der Waals surface area contributed by atoms with Crippen molar-refractivity contribution in [3.63, 3.8) is 0 Å². The lowest BCUT2D eigenvalue weighted by atomic mass is 9.94. The highest BCUT2D eigenvalue weighted by molar-refractivity contribution is 5.77. The number of nitrogens with zero attached hydrogens (tertiary/aromatic N) is 1. The Morgan fingerprint density at radius 1 is 1.37 bits per heavy atom. The quantitative estimate of drug-likeness (QED) is 0.840. The lowest BCUT2D eigenvalue weighted by Gasteiger charge is -2.24. The SMILES string of the molecule is COCC(=O)N1CCCC[C@@H](c2ccc(F)cc2)C1. The van der Waals surface area contributed by atoms with E-state index in [0.29, 0.717) is 12.5 Å². The summed E-state index contributed by atoms with van der Waals surface area (Å²) in [6.45, 7) is 1.63. The summed E-state index contributed by atoms with van der Waals surface area (Å²) < 4.78 is 17.9. The van der Waals surface area contributed by atoms with Crippen LogP contribution in [0.5, 0.6) is 0 Å². The van der Waals surface area contributed by atoms with E-state index in [1.807, 2.05) is 17.0 Å². The van der Waals surface area contributed by atoms with Gasteiger partial charge in [-0.15, -0.1) is 0 Å². The summed E-state index contributed by atoms with van der Waals surface area (Å²) in [6.07, 6.45) is 3.16. The van der Waals surface area contributed by atoms with Crippen LogP contribution in [0.25, 0.3) is 0 Å². The van der Waals surface area contributed by atoms with Crippen LogP contribution in [0.1, 0.15) is 30.7 Å². The third kappa shape index (κ3) is 3.77. The standard InChI is InChI=1S/C15H20FNO2/c1-19-11-15(18)17-9-3-2-4-13(10-17)12-5-7-14(16)8-6-12/h5-8,13H,2-4,9-11H2,1H3/t13-/m1/s1. The molecule has 19 heavy (non-hydrogen) atoms. The van der Waals surface area contributed by atoms with Crippen LogP contribution >= 0.6 is 0 Å². The zero-order valence-corrected chi connectivity index (χ0v) is 11.3. The van der Waals surface area contributed by atoms with Crippen molar-refractivity contribution in [1.29, 1.82) is 0 Å². The maximum atomic E-state index is 13.0. The molecule has 2 rings (SSSR count). The van der Waals surface area contributed by atoms with Gasteiger partial charge in [0.2, 0.25) is 5.91 Å². The number of hydrogen-bond donors (Lipinski definition) is 0. The Kier molecular flexibility index (Phi) is 4.91. The van der Waals surface area contributed by atoms with Gasteiger partial charge in [-0.05, 0) is 30.5 Å². The summed E-state index contributed by atoms with van der Waals surface area (Å²) in [4.78, 5) is 13.8. The highest BCUT2D eigenvalue weighted by Crippen LogP contribution is 2.26. The molecule has 1 aliphatic heterocycles. The first kappa shape index (κ1) is 14.0. The average Bonchev–Trinajstić information content (AvgIpc) is 2.66. The number of halogens is 1. The largest absolute Gasteiger partial charge is 0.375 e. The number of hydrogen-bond acceptors (Lipinski definition) is 2. The molecule has 1 heterocycles. The normalized spacial score (nSPS) is 20.1. The highest BCUT2D eigenvalue weighted by Gasteiger charge is 2.22. The number of benzene rings is 1. The molecule has 1 fully saturated rings. The molecule has 0 saturated carbocycles. The van der Waals surface area contributed by atoms with Gasteiger partial charge in [0.1, 0.15) is 12.4 Å². The van der Waals surface area contributed by atoms with Crippen LogP contribution in [0.2, 0.25) is 0 Å². The van der Waals surface area contributed by atoms with E-state index in [0.717, 1.165) is 31.4 Å². The van der Waals surface area contributed by atoms with Gasteiger partial charge < -0.3 is 9.64 Å². The number of rotatable bonds is 3. The Hall–Kier alpha value is -1.42. The van der Waals surface area contributed by atoms with Gasteiger partial charge in [-0.2, -0.15) is 0 Å². The van der Waals surface area contributed by atoms with Crippen molar-refractivity contribution in [3.05, 3.63) is 35.6 Å². The molecule has 4 heteroatoms. The molecule has 0 aromatic heterocycles. The van der Waals surface area contributed by atoms with E-state index in [4.69, 9.17) is 4.74 Å². The van der Waals surface area contributed by atoms with Gasteiger partial charge in [-0.3, -0.25) is 4.79 Å². The molecular formula is C15H20FNO2. The molecule has 0 aliphatic carbocycles. The van der Waals surface area contributed by atoms with Gasteiger partial charge in [-0.1, -0.05) is 18.6 Å². The second-order valence-corrected chi connectivity index (χ2v) is 5.02. The van der Waals surface area contributed by atoms with Crippen molar-refractivity contribution in [3.8, 4) is 0 Å². The maximum Gasteiger partial charge on any atom is 0.248 e. The lowest BCUT2D eigenvalue weighted by Crippen LogP contribution is -2.36. The minimum Gasteiger partial charge on any atom is -0.375 e. The molecule has 0 unspecified atom stereocenters. The maximum absolute atomic E-state index is 13.0. The summed E-state index contributed by atoms with van der Waals surface area (Å²) in [7, 11) is 1.53. The third-order valence-corrected chi connectivity index (χ3v) is 3.63. The van der Waals surface area contributed by atoms with Crippen LogP contribution in [-0.4, -0.2) is 37.6 Å². The third-order valence-electron chi connectivity index (χ3n) is 3.63. The molecule has 0 N–H and O–H groups in total. The van der Waals surface area contributed by atoms with Crippen molar-refractivity contribution >= 4 is 5.91 Å². The van der Waals surface area contributed by atoms with Crippen molar-refractivity contribution < 1.29 is 13.9 Å². The molecule has 3 nitrogen and oxygen atoms in total. The van der Waals surface area contributed by atoms with Crippen molar-refractivity contribution in [1.82, 2.24) is 4.90 Å². The van der Waals surface area contributed by atoms with E-state index in [2.05, 4.69) is 0 Å². The highest BCUT2D eigenvalue weighted by atomic mass is 19.1. The van der Waals surface area contributed by atoms with E-state index in [9.17, 15) is 9.18 Å². The predicted molar refractivity (Wildman–Crippen MR) is 71.4 cm³/mol. The van der Waals surface area contributed by atoms with Gasteiger partial charge in [0.05, 0.1) is 0 Å². The molecule has 1 saturated heterocycles. The number of ether oxygens (including phenoxy) is 1. The summed E-state index contributed by atoms with van der Waals surface area (Å²) in [5.74, 6) is 0.116. The summed E-state index contributed by atoms with van der Waals surface area (Å²) in [5, 5.41) is 0. The fourth-order valence-electron chi connectivity index (χ4n) is 2.59. The van der Waals surface area contributed by atoms with E-state index in [1.54, 1.807) is 0 Å². The summed E-state index contributed by atoms with van der Waals surface area (Å²) in [6, 6.07) is 6.62. The monoisotopic (exact) mass is 265 g/mol. The summed E-state index contributed by atoms with van der Waals surface area (Å²) >= 11 is 0. The topological polar surface area (TPSA) is 29.5 Å². The Bertz CT molecular complexity index is 419. The zero-order valence-electron chi connectivity index (χ0n) is 11.3. The lowest BCUT2D eigenvalue weighted by molar-refractivity contribution is -0.135. The van der Waals surface area contributed by atoms with Crippen LogP contribution in [0.3, 0.4) is 0 Å². The molecule has 0 bridgehead atoms. The Morgan fingerprint density at radius 2 is 2.11 bits per heavy atom. The second-order valence-electron chi connectivity index (χ2n) is 5.02. The Labute approximate surface area is 113 Å². The number of likely N-dealkylation sites (tertiary alicyclic amines) is 1. The fourth-order valence-corrected chi connectivity index (χ4v) is 2.59. The first-order chi connectivity index (χ1) is 9.20. The van der Waals surface area contributed by atoms with Crippen LogP contribution in [0.4, 0.5) is 4.39 Å². The molecule has 1 aromatic carbocycles. The molecule has 1 amide bonds. The Morgan fingerprint density at radius 3 is 2.79 bits per heavy atom. The molecule has 0 spiro atoms. The minimum absolute atomic E-state index is 0.0384. The van der Waals surface area contributed by atoms with E-state index in [-0.39, 0.29) is 18.3 Å². The molecule has 1 aliphatic rings. The molecular weight excluding hydrogens is 245 g/mol. The van der Waals surface area contributed by atoms with E-state index < -0.39 is 0 Å². The van der Waals surface area contributed by atoms with Crippen molar-refractivity contribution in [2.45, 2.75) is 25.2 Å². The molecule has 1 atom stereocenters. The van der Waals surface area contributed by atoms with Gasteiger partial charge >= 0.3 is 0 Å². The Balaban J connectivity index is 2.07. The molecule has 1 aromatic rings. The average molecular weight is 265 g/mol. The number of carbonyl (C=O) groups is 1. The number of carbonyl (C=O) groups excluding carboxylic acids is 1. The van der Waals surface area contributed by atoms with E-state index in [1.165, 1.54) is 19.2 Å². The molecule has 0 radical (unpaired) electrons. The van der Waals surface area contributed by atoms with Gasteiger partial charge in [0.15, 0.2) is 0 Å². The van der Waals surface area contributed by atoms with Crippen molar-refractivity contribution in [2.75, 3.05) is 26.8 Å². The minimum atomic E-state index is -0.218. The first-order valence-corrected chi connectivity index (χ1v) is 6.73. The smallest absolute Gasteiger partial charge is 0.248 e. The van der Waals surface area contributed by atoms with Gasteiger partial charge in [0, 0.05) is 26.1 Å². The molecule has 104 valence electrons. The van der Waals surface area contributed by atoms with Crippen LogP contribution in [-0.2, 0) is 9.53 Å². The summed E-state index contributed by atoms with van der Waals surface area (Å²) in [5.41, 5.74) is 1.11. The first-order valence-electron chi connectivity index (χ1n) is 6.73. The van der Waals surface area contributed by atoms with Gasteiger partial charge in [-0.25, -0.2) is 4.39 Å². The van der Waals surface area contributed by atoms with Crippen LogP contribution in [0.15, 0.2) is 24.3 Å². The predicted octanol–water partition coefficient (Wildman–Crippen LogP) is 2.57. The number of methoxy groups -OCH3 is 1. The van der Waals surface area contributed by atoms with Crippen LogP contribution < -0.4 is 0 Å².